The van der Waals surface area contributed by atoms with Gasteiger partial charge >= 0.3 is 5.97 Å². The quantitative estimate of drug-likeness (QED) is 0.360. The first kappa shape index (κ1) is 21.3. The van der Waals surface area contributed by atoms with Crippen molar-refractivity contribution in [3.05, 3.63) is 0 Å². The van der Waals surface area contributed by atoms with Gasteiger partial charge in [-0.1, -0.05) is 40.0 Å². The van der Waals surface area contributed by atoms with Crippen LogP contribution in [0.25, 0.3) is 0 Å². The molecule has 0 aromatic heterocycles. The van der Waals surface area contributed by atoms with Gasteiger partial charge in [0, 0.05) is 6.61 Å². The van der Waals surface area contributed by atoms with Crippen LogP contribution in [-0.2, 0) is 14.0 Å². The number of rotatable bonds is 10. The van der Waals surface area contributed by atoms with Crippen LogP contribution >= 0.6 is 0 Å². The SMILES string of the molecule is CC(=O)C(C)(CCCCCCO[Si](C)(C)C(C)(C)C)C(=O)O. The molecule has 1 atom stereocenters. The second kappa shape index (κ2) is 8.25. The lowest BCUT2D eigenvalue weighted by molar-refractivity contribution is -0.153. The summed E-state index contributed by atoms with van der Waals surface area (Å²) in [4.78, 5) is 22.7. The highest BCUT2D eigenvalue weighted by atomic mass is 28.4. The molecule has 0 aliphatic heterocycles. The molecule has 0 saturated heterocycles. The average Bonchev–Trinajstić information content (AvgIpc) is 2.35. The van der Waals surface area contributed by atoms with Crippen LogP contribution in [0.3, 0.4) is 0 Å². The van der Waals surface area contributed by atoms with Crippen molar-refractivity contribution in [2.24, 2.45) is 5.41 Å². The molecule has 4 nitrogen and oxygen atoms in total. The van der Waals surface area contributed by atoms with Crippen LogP contribution in [0.5, 0.6) is 0 Å². The minimum atomic E-state index is -1.66. The molecule has 0 spiro atoms. The monoisotopic (exact) mass is 330 g/mol. The Hall–Kier alpha value is -0.683. The van der Waals surface area contributed by atoms with Gasteiger partial charge in [0.1, 0.15) is 11.2 Å². The first-order valence-corrected chi connectivity index (χ1v) is 11.1. The van der Waals surface area contributed by atoms with Crippen LogP contribution in [0.1, 0.15) is 66.7 Å². The molecule has 5 heteroatoms. The lowest BCUT2D eigenvalue weighted by atomic mass is 9.81. The van der Waals surface area contributed by atoms with E-state index in [2.05, 4.69) is 33.9 Å². The van der Waals surface area contributed by atoms with Crippen LogP contribution in [0.15, 0.2) is 0 Å². The molecule has 0 aromatic carbocycles. The van der Waals surface area contributed by atoms with E-state index in [1.165, 1.54) is 13.8 Å². The minimum absolute atomic E-state index is 0.234. The lowest BCUT2D eigenvalue weighted by Gasteiger charge is -2.36. The number of Topliss-reactive ketones (excluding diaryl/α,β-unsaturated/α-hetero) is 1. The minimum Gasteiger partial charge on any atom is -0.481 e. The van der Waals surface area contributed by atoms with Crippen molar-refractivity contribution in [2.45, 2.75) is 84.9 Å². The number of unbranched alkanes of at least 4 members (excludes halogenated alkanes) is 3. The lowest BCUT2D eigenvalue weighted by Crippen LogP contribution is -2.40. The van der Waals surface area contributed by atoms with E-state index >= 15 is 0 Å². The van der Waals surface area contributed by atoms with Crippen LogP contribution in [0.2, 0.25) is 18.1 Å². The van der Waals surface area contributed by atoms with Crippen LogP contribution in [-0.4, -0.2) is 31.8 Å². The largest absolute Gasteiger partial charge is 0.481 e. The number of carboxylic acid groups (broad SMARTS) is 1. The number of hydrogen-bond donors (Lipinski definition) is 1. The Balaban J connectivity index is 3.97. The number of carbonyl (C=O) groups is 2. The molecule has 0 amide bonds. The number of carboxylic acids is 1. The molecule has 0 aliphatic rings. The van der Waals surface area contributed by atoms with Gasteiger partial charge in [-0.3, -0.25) is 9.59 Å². The zero-order valence-electron chi connectivity index (χ0n) is 15.4. The van der Waals surface area contributed by atoms with Gasteiger partial charge in [-0.25, -0.2) is 0 Å². The van der Waals surface area contributed by atoms with Crippen molar-refractivity contribution in [1.29, 1.82) is 0 Å². The highest BCUT2D eigenvalue weighted by molar-refractivity contribution is 6.74. The van der Waals surface area contributed by atoms with Crippen molar-refractivity contribution in [3.8, 4) is 0 Å². The molecule has 0 aromatic rings. The van der Waals surface area contributed by atoms with E-state index in [9.17, 15) is 14.7 Å². The summed E-state index contributed by atoms with van der Waals surface area (Å²) < 4.78 is 6.11. The predicted molar refractivity (Wildman–Crippen MR) is 92.7 cm³/mol. The maximum atomic E-state index is 11.5. The predicted octanol–water partition coefficient (Wildman–Crippen LogP) is 4.64. The normalized spacial score (nSPS) is 15.4. The Bertz CT molecular complexity index is 369. The number of ketones is 1. The van der Waals surface area contributed by atoms with Gasteiger partial charge in [0.2, 0.25) is 0 Å². The van der Waals surface area contributed by atoms with Crippen molar-refractivity contribution < 1.29 is 19.1 Å². The van der Waals surface area contributed by atoms with Crippen molar-refractivity contribution in [1.82, 2.24) is 0 Å². The summed E-state index contributed by atoms with van der Waals surface area (Å²) in [5.41, 5.74) is -1.22. The molecular weight excluding hydrogens is 296 g/mol. The smallest absolute Gasteiger partial charge is 0.316 e. The summed E-state index contributed by atoms with van der Waals surface area (Å²) in [6.45, 7) is 14.9. The fourth-order valence-corrected chi connectivity index (χ4v) is 3.00. The average molecular weight is 331 g/mol. The van der Waals surface area contributed by atoms with Crippen molar-refractivity contribution >= 4 is 20.1 Å². The number of hydrogen-bond acceptors (Lipinski definition) is 3. The summed E-state index contributed by atoms with van der Waals surface area (Å²) in [6, 6.07) is 0. The Labute approximate surface area is 136 Å². The second-order valence-electron chi connectivity index (χ2n) is 7.97. The molecule has 1 N–H and O–H groups in total. The first-order valence-electron chi connectivity index (χ1n) is 8.23. The summed E-state index contributed by atoms with van der Waals surface area (Å²) in [6.07, 6.45) is 4.14. The summed E-state index contributed by atoms with van der Waals surface area (Å²) in [7, 11) is -1.66. The molecule has 0 bridgehead atoms. The highest BCUT2D eigenvalue weighted by Crippen LogP contribution is 2.36. The van der Waals surface area contributed by atoms with Gasteiger partial charge in [-0.05, 0) is 44.8 Å². The van der Waals surface area contributed by atoms with Crippen LogP contribution in [0, 0.1) is 5.41 Å². The van der Waals surface area contributed by atoms with E-state index in [4.69, 9.17) is 4.43 Å². The third kappa shape index (κ3) is 6.21. The van der Waals surface area contributed by atoms with Gasteiger partial charge in [0.25, 0.3) is 0 Å². The maximum absolute atomic E-state index is 11.5. The zero-order valence-corrected chi connectivity index (χ0v) is 16.4. The summed E-state index contributed by atoms with van der Waals surface area (Å²) in [5.74, 6) is -1.28. The third-order valence-corrected chi connectivity index (χ3v) is 9.63. The molecule has 0 rings (SSSR count). The molecule has 0 heterocycles. The number of aliphatic carboxylic acids is 1. The van der Waals surface area contributed by atoms with E-state index in [1.807, 2.05) is 0 Å². The Morgan fingerprint density at radius 2 is 1.50 bits per heavy atom. The summed E-state index contributed by atoms with van der Waals surface area (Å²) >= 11 is 0. The Kier molecular flexibility index (Phi) is 7.99. The maximum Gasteiger partial charge on any atom is 0.316 e. The molecule has 1 unspecified atom stereocenters. The molecule has 0 aliphatic carbocycles. The summed E-state index contributed by atoms with van der Waals surface area (Å²) in [5, 5.41) is 9.41. The standard InChI is InChI=1S/C17H34O4Si/c1-14(18)17(5,15(19)20)12-10-8-9-11-13-21-22(6,7)16(2,3)4/h8-13H2,1-7H3,(H,19,20). The highest BCUT2D eigenvalue weighted by Gasteiger charge is 2.38. The molecule has 22 heavy (non-hydrogen) atoms. The van der Waals surface area contributed by atoms with Crippen molar-refractivity contribution in [2.75, 3.05) is 6.61 Å². The van der Waals surface area contributed by atoms with Gasteiger partial charge in [0.05, 0.1) is 0 Å². The van der Waals surface area contributed by atoms with Crippen LogP contribution < -0.4 is 0 Å². The van der Waals surface area contributed by atoms with Gasteiger partial charge < -0.3 is 9.53 Å². The molecule has 130 valence electrons. The molecule has 0 saturated carbocycles. The zero-order chi connectivity index (χ0) is 17.6. The van der Waals surface area contributed by atoms with Crippen molar-refractivity contribution in [3.63, 3.8) is 0 Å². The fourth-order valence-electron chi connectivity index (χ4n) is 1.91. The van der Waals surface area contributed by atoms with E-state index < -0.39 is 19.7 Å². The van der Waals surface area contributed by atoms with E-state index in [-0.39, 0.29) is 10.8 Å². The second-order valence-corrected chi connectivity index (χ2v) is 12.8. The van der Waals surface area contributed by atoms with Gasteiger partial charge in [0.15, 0.2) is 8.32 Å². The molecule has 0 fully saturated rings. The fraction of sp³-hybridized carbons (Fsp3) is 0.882. The van der Waals surface area contributed by atoms with Gasteiger partial charge in [-0.2, -0.15) is 0 Å². The van der Waals surface area contributed by atoms with E-state index in [0.717, 1.165) is 32.3 Å². The Morgan fingerprint density at radius 3 is 1.91 bits per heavy atom. The third-order valence-electron chi connectivity index (χ3n) is 5.09. The first-order chi connectivity index (χ1) is 9.84. The topological polar surface area (TPSA) is 63.6 Å². The van der Waals surface area contributed by atoms with E-state index in [0.29, 0.717) is 6.42 Å². The number of carbonyl (C=O) groups excluding carboxylic acids is 1. The van der Waals surface area contributed by atoms with E-state index in [1.54, 1.807) is 0 Å². The molecule has 0 radical (unpaired) electrons. The van der Waals surface area contributed by atoms with Crippen LogP contribution in [0.4, 0.5) is 0 Å². The molecular formula is C17H34O4Si. The Morgan fingerprint density at radius 1 is 1.00 bits per heavy atom. The van der Waals surface area contributed by atoms with Gasteiger partial charge in [-0.15, -0.1) is 0 Å².